The van der Waals surface area contributed by atoms with Crippen LogP contribution in [0, 0.1) is 29.1 Å². The summed E-state index contributed by atoms with van der Waals surface area (Å²) in [5, 5.41) is 23.6. The summed E-state index contributed by atoms with van der Waals surface area (Å²) in [4.78, 5) is 14.9. The minimum Gasteiger partial charge on any atom is -0.392 e. The van der Waals surface area contributed by atoms with Crippen LogP contribution in [0.4, 0.5) is 27.6 Å². The Bertz CT molecular complexity index is 1790. The molecule has 2 heterocycles. The highest BCUT2D eigenvalue weighted by Crippen LogP contribution is 2.40. The number of carbonyl (C=O) groups is 1. The molecular formula is C36H32ClF5N2O5. The molecule has 4 aromatic rings. The summed E-state index contributed by atoms with van der Waals surface area (Å²) in [6.07, 6.45) is -0.295. The second kappa shape index (κ2) is 14.5. The van der Waals surface area contributed by atoms with Crippen molar-refractivity contribution >= 4 is 23.2 Å². The summed E-state index contributed by atoms with van der Waals surface area (Å²) in [5.74, 6) is -12.8. The Morgan fingerprint density at radius 3 is 2.12 bits per heavy atom. The third-order valence-corrected chi connectivity index (χ3v) is 9.25. The molecule has 3 atom stereocenters. The van der Waals surface area contributed by atoms with E-state index in [2.05, 4.69) is 10.2 Å². The topological polar surface area (TPSA) is 91.3 Å². The van der Waals surface area contributed by atoms with Gasteiger partial charge in [-0.15, -0.1) is 0 Å². The number of aliphatic hydroxyl groups excluding tert-OH is 1. The summed E-state index contributed by atoms with van der Waals surface area (Å²) in [5.41, 5.74) is 0.194. The average molecular weight is 703 g/mol. The highest BCUT2D eigenvalue weighted by molar-refractivity contribution is 6.30. The van der Waals surface area contributed by atoms with Gasteiger partial charge in [0, 0.05) is 42.3 Å². The zero-order valence-electron chi connectivity index (χ0n) is 25.9. The highest BCUT2D eigenvalue weighted by Gasteiger charge is 2.38. The lowest BCUT2D eigenvalue weighted by Crippen LogP contribution is -2.46. The molecule has 2 fully saturated rings. The summed E-state index contributed by atoms with van der Waals surface area (Å²) >= 11 is 6.03. The normalized spacial score (nSPS) is 21.0. The molecule has 3 N–H and O–H groups in total. The van der Waals surface area contributed by atoms with Crippen LogP contribution in [0.2, 0.25) is 5.02 Å². The zero-order chi connectivity index (χ0) is 34.9. The quantitative estimate of drug-likeness (QED) is 0.101. The molecule has 7 nitrogen and oxygen atoms in total. The van der Waals surface area contributed by atoms with E-state index in [0.29, 0.717) is 49.5 Å². The number of rotatable bonds is 8. The fourth-order valence-corrected chi connectivity index (χ4v) is 6.36. The van der Waals surface area contributed by atoms with Gasteiger partial charge in [-0.25, -0.2) is 22.0 Å². The number of likely N-dealkylation sites (tertiary alicyclic amines) is 1. The summed E-state index contributed by atoms with van der Waals surface area (Å²) < 4.78 is 82.4. The van der Waals surface area contributed by atoms with Crippen LogP contribution in [0.25, 0.3) is 0 Å². The number of halogens is 6. The number of benzene rings is 4. The first-order valence-electron chi connectivity index (χ1n) is 15.6. The molecule has 0 aliphatic carbocycles. The molecule has 6 rings (SSSR count). The molecule has 0 aromatic heterocycles. The smallest absolute Gasteiger partial charge is 0.261 e. The minimum absolute atomic E-state index is 0.00197. The van der Waals surface area contributed by atoms with Crippen molar-refractivity contribution in [1.82, 2.24) is 4.90 Å². The lowest BCUT2D eigenvalue weighted by molar-refractivity contribution is -0.253. The van der Waals surface area contributed by atoms with Gasteiger partial charge in [-0.2, -0.15) is 0 Å². The summed E-state index contributed by atoms with van der Waals surface area (Å²) in [7, 11) is 0. The van der Waals surface area contributed by atoms with Gasteiger partial charge in [-0.05, 0) is 53.8 Å². The predicted molar refractivity (Wildman–Crippen MR) is 170 cm³/mol. The van der Waals surface area contributed by atoms with E-state index in [9.17, 15) is 37.0 Å². The number of carbonyl (C=O) groups excluding carboxylic acids is 1. The Balaban J connectivity index is 1.20. The largest absolute Gasteiger partial charge is 0.392 e. The SMILES string of the molecule is O=C(Nc1cccc([C@H]2O[C@@H](CN3CCC(O)(c4ccc(Cl)cc4)CC3)C[C@@H](c3ccc(CO)cc3)O2)c1)c1c(F)c(F)c(F)c(F)c1F. The molecule has 0 unspecified atom stereocenters. The maximum atomic E-state index is 14.3. The van der Waals surface area contributed by atoms with Gasteiger partial charge in [-0.3, -0.25) is 4.79 Å². The number of anilines is 1. The van der Waals surface area contributed by atoms with Crippen LogP contribution in [-0.4, -0.2) is 46.8 Å². The number of ether oxygens (including phenoxy) is 2. The van der Waals surface area contributed by atoms with E-state index in [1.807, 2.05) is 24.3 Å². The van der Waals surface area contributed by atoms with Crippen molar-refractivity contribution in [3.63, 3.8) is 0 Å². The lowest BCUT2D eigenvalue weighted by Gasteiger charge is -2.42. The fourth-order valence-electron chi connectivity index (χ4n) is 6.24. The zero-order valence-corrected chi connectivity index (χ0v) is 26.7. The van der Waals surface area contributed by atoms with Crippen LogP contribution in [0.1, 0.15) is 64.3 Å². The predicted octanol–water partition coefficient (Wildman–Crippen LogP) is 7.31. The van der Waals surface area contributed by atoms with Gasteiger partial charge in [0.25, 0.3) is 5.91 Å². The van der Waals surface area contributed by atoms with Crippen molar-refractivity contribution in [2.75, 3.05) is 25.0 Å². The third-order valence-electron chi connectivity index (χ3n) is 9.00. The van der Waals surface area contributed by atoms with Gasteiger partial charge >= 0.3 is 0 Å². The molecule has 49 heavy (non-hydrogen) atoms. The van der Waals surface area contributed by atoms with Crippen LogP contribution >= 0.6 is 11.6 Å². The Hall–Kier alpha value is -3.91. The number of hydrogen-bond donors (Lipinski definition) is 3. The van der Waals surface area contributed by atoms with E-state index in [4.69, 9.17) is 21.1 Å². The maximum Gasteiger partial charge on any atom is 0.261 e. The molecule has 2 saturated heterocycles. The maximum absolute atomic E-state index is 14.3. The first-order valence-corrected chi connectivity index (χ1v) is 16.0. The molecule has 13 heteroatoms. The monoisotopic (exact) mass is 702 g/mol. The van der Waals surface area contributed by atoms with E-state index in [0.717, 1.165) is 16.7 Å². The van der Waals surface area contributed by atoms with E-state index >= 15 is 0 Å². The molecule has 0 saturated carbocycles. The van der Waals surface area contributed by atoms with E-state index in [1.54, 1.807) is 30.3 Å². The first kappa shape index (κ1) is 34.9. The van der Waals surface area contributed by atoms with Crippen molar-refractivity contribution in [2.45, 2.75) is 50.0 Å². The number of piperidine rings is 1. The lowest BCUT2D eigenvalue weighted by atomic mass is 9.84. The van der Waals surface area contributed by atoms with Crippen molar-refractivity contribution in [1.29, 1.82) is 0 Å². The molecule has 0 bridgehead atoms. The van der Waals surface area contributed by atoms with E-state index in [1.165, 1.54) is 18.2 Å². The second-order valence-corrected chi connectivity index (χ2v) is 12.7. The molecule has 258 valence electrons. The Morgan fingerprint density at radius 2 is 1.49 bits per heavy atom. The molecule has 2 aliphatic heterocycles. The van der Waals surface area contributed by atoms with Crippen molar-refractivity contribution in [3.8, 4) is 0 Å². The van der Waals surface area contributed by atoms with Crippen LogP contribution in [-0.2, 0) is 21.7 Å². The van der Waals surface area contributed by atoms with Crippen LogP contribution in [0.15, 0.2) is 72.8 Å². The van der Waals surface area contributed by atoms with Gasteiger partial charge in [0.05, 0.1) is 24.4 Å². The molecule has 1 amide bonds. The fraction of sp³-hybridized carbons (Fsp3) is 0.306. The number of nitrogens with one attached hydrogen (secondary N) is 1. The second-order valence-electron chi connectivity index (χ2n) is 12.2. The number of amides is 1. The molecule has 0 spiro atoms. The van der Waals surface area contributed by atoms with Crippen molar-refractivity contribution in [2.24, 2.45) is 0 Å². The molecule has 4 aromatic carbocycles. The summed E-state index contributed by atoms with van der Waals surface area (Å²) in [6, 6.07) is 20.4. The Labute approximate surface area is 283 Å². The van der Waals surface area contributed by atoms with Gasteiger partial charge in [0.15, 0.2) is 29.6 Å². The van der Waals surface area contributed by atoms with Gasteiger partial charge < -0.3 is 29.9 Å². The van der Waals surface area contributed by atoms with E-state index < -0.39 is 58.6 Å². The van der Waals surface area contributed by atoms with Gasteiger partial charge in [0.2, 0.25) is 5.82 Å². The number of aliphatic hydroxyl groups is 2. The Kier molecular flexibility index (Phi) is 10.4. The van der Waals surface area contributed by atoms with Crippen LogP contribution < -0.4 is 5.32 Å². The average Bonchev–Trinajstić information content (AvgIpc) is 3.11. The molecule has 2 aliphatic rings. The standard InChI is InChI=1S/C36H32ClF5N2O5/c37-24-10-8-23(9-11-24)36(47)12-14-44(15-13-36)18-26-17-27(21-6-4-20(19-45)5-7-21)49-35(48-26)22-2-1-3-25(16-22)43-34(46)28-29(38)31(40)33(42)32(41)30(28)39/h1-11,16,26-27,35,45,47H,12-15,17-19H2,(H,43,46)/t26-,27+,35+/m1/s1. The Morgan fingerprint density at radius 1 is 0.857 bits per heavy atom. The van der Waals surface area contributed by atoms with Crippen molar-refractivity contribution < 1.29 is 46.4 Å². The first-order chi connectivity index (χ1) is 23.5. The number of nitrogens with zero attached hydrogens (tertiary/aromatic N) is 1. The van der Waals surface area contributed by atoms with E-state index in [-0.39, 0.29) is 18.4 Å². The number of hydrogen-bond acceptors (Lipinski definition) is 6. The van der Waals surface area contributed by atoms with Crippen molar-refractivity contribution in [3.05, 3.63) is 135 Å². The van der Waals surface area contributed by atoms with Crippen LogP contribution in [0.5, 0.6) is 0 Å². The van der Waals surface area contributed by atoms with Gasteiger partial charge in [-0.1, -0.05) is 60.1 Å². The molecular weight excluding hydrogens is 671 g/mol. The van der Waals surface area contributed by atoms with Gasteiger partial charge in [0.1, 0.15) is 5.56 Å². The molecule has 0 radical (unpaired) electrons. The van der Waals surface area contributed by atoms with Crippen LogP contribution in [0.3, 0.4) is 0 Å². The third kappa shape index (κ3) is 7.49. The summed E-state index contributed by atoms with van der Waals surface area (Å²) in [6.45, 7) is 1.58. The highest BCUT2D eigenvalue weighted by atomic mass is 35.5. The minimum atomic E-state index is -2.36.